The summed E-state index contributed by atoms with van der Waals surface area (Å²) in [7, 11) is 0. The molecular formula is C14H26N2O2. The quantitative estimate of drug-likeness (QED) is 0.671. The van der Waals surface area contributed by atoms with Crippen LogP contribution in [0.15, 0.2) is 0 Å². The largest absolute Gasteiger partial charge is 0.379 e. The molecule has 1 N–H and O–H groups in total. The molecule has 0 aromatic heterocycles. The molecule has 1 amide bonds. The number of nitrogens with one attached hydrogen (secondary N) is 1. The lowest BCUT2D eigenvalue weighted by Gasteiger charge is -2.22. The molecule has 4 heteroatoms. The van der Waals surface area contributed by atoms with Crippen molar-refractivity contribution in [1.82, 2.24) is 10.2 Å². The second-order valence-electron chi connectivity index (χ2n) is 5.48. The maximum atomic E-state index is 12.2. The van der Waals surface area contributed by atoms with Crippen molar-refractivity contribution < 1.29 is 9.53 Å². The van der Waals surface area contributed by atoms with Gasteiger partial charge in [0.15, 0.2) is 0 Å². The highest BCUT2D eigenvalue weighted by Crippen LogP contribution is 2.28. The zero-order valence-corrected chi connectivity index (χ0v) is 11.7. The second kappa shape index (κ2) is 6.53. The Morgan fingerprint density at radius 2 is 2.17 bits per heavy atom. The van der Waals surface area contributed by atoms with Gasteiger partial charge in [-0.1, -0.05) is 20.3 Å². The normalized spacial score (nSPS) is 28.1. The van der Waals surface area contributed by atoms with Crippen molar-refractivity contribution in [2.24, 2.45) is 5.92 Å². The molecule has 2 aliphatic rings. The average Bonchev–Trinajstić information content (AvgIpc) is 3.14. The van der Waals surface area contributed by atoms with Gasteiger partial charge >= 0.3 is 0 Å². The Morgan fingerprint density at radius 3 is 2.78 bits per heavy atom. The number of nitrogens with zero attached hydrogens (tertiary/aromatic N) is 1. The summed E-state index contributed by atoms with van der Waals surface area (Å²) in [6.07, 6.45) is 5.80. The number of hydrogen-bond donors (Lipinski definition) is 1. The van der Waals surface area contributed by atoms with Crippen LogP contribution in [0.4, 0.5) is 0 Å². The molecule has 0 bridgehead atoms. The van der Waals surface area contributed by atoms with Crippen molar-refractivity contribution in [2.45, 2.75) is 58.2 Å². The first-order valence-electron chi connectivity index (χ1n) is 7.40. The van der Waals surface area contributed by atoms with Gasteiger partial charge < -0.3 is 9.64 Å². The molecule has 1 saturated heterocycles. The van der Waals surface area contributed by atoms with E-state index in [4.69, 9.17) is 4.74 Å². The Bertz CT molecular complexity index is 279. The van der Waals surface area contributed by atoms with Gasteiger partial charge in [-0.15, -0.1) is 0 Å². The summed E-state index contributed by atoms with van der Waals surface area (Å²) in [6.45, 7) is 6.54. The predicted octanol–water partition coefficient (Wildman–Crippen LogP) is 1.75. The predicted molar refractivity (Wildman–Crippen MR) is 71.2 cm³/mol. The van der Waals surface area contributed by atoms with Crippen molar-refractivity contribution >= 4 is 5.91 Å². The van der Waals surface area contributed by atoms with Crippen LogP contribution >= 0.6 is 0 Å². The minimum atomic E-state index is 0.0309. The van der Waals surface area contributed by atoms with Gasteiger partial charge in [-0.2, -0.15) is 0 Å². The monoisotopic (exact) mass is 254 g/mol. The highest BCUT2D eigenvalue weighted by Gasteiger charge is 2.36. The highest BCUT2D eigenvalue weighted by molar-refractivity contribution is 5.84. The smallest absolute Gasteiger partial charge is 0.241 e. The van der Waals surface area contributed by atoms with Crippen LogP contribution in [-0.2, 0) is 9.53 Å². The first kappa shape index (κ1) is 13.8. The van der Waals surface area contributed by atoms with E-state index < -0.39 is 0 Å². The molecule has 0 aromatic rings. The van der Waals surface area contributed by atoms with Gasteiger partial charge in [0, 0.05) is 13.2 Å². The van der Waals surface area contributed by atoms with Crippen LogP contribution in [0.2, 0.25) is 0 Å². The van der Waals surface area contributed by atoms with E-state index >= 15 is 0 Å². The number of carbonyl (C=O) groups is 1. The second-order valence-corrected chi connectivity index (χ2v) is 5.48. The maximum Gasteiger partial charge on any atom is 0.241 e. The van der Waals surface area contributed by atoms with E-state index in [0.29, 0.717) is 6.61 Å². The van der Waals surface area contributed by atoms with Crippen LogP contribution < -0.4 is 5.32 Å². The minimum Gasteiger partial charge on any atom is -0.379 e. The van der Waals surface area contributed by atoms with E-state index in [0.717, 1.165) is 38.3 Å². The van der Waals surface area contributed by atoms with E-state index in [1.54, 1.807) is 0 Å². The van der Waals surface area contributed by atoms with Gasteiger partial charge in [0.05, 0.1) is 18.8 Å². The molecule has 2 rings (SSSR count). The highest BCUT2D eigenvalue weighted by atomic mass is 16.5. The van der Waals surface area contributed by atoms with Gasteiger partial charge in [0.2, 0.25) is 5.91 Å². The summed E-state index contributed by atoms with van der Waals surface area (Å²) < 4.78 is 5.63. The summed E-state index contributed by atoms with van der Waals surface area (Å²) in [4.78, 5) is 14.2. The zero-order chi connectivity index (χ0) is 13.0. The van der Waals surface area contributed by atoms with E-state index in [2.05, 4.69) is 19.2 Å². The van der Waals surface area contributed by atoms with Gasteiger partial charge in [0.25, 0.3) is 0 Å². The Morgan fingerprint density at radius 1 is 1.39 bits per heavy atom. The first-order valence-corrected chi connectivity index (χ1v) is 7.40. The van der Waals surface area contributed by atoms with Crippen LogP contribution in [0.25, 0.3) is 0 Å². The minimum absolute atomic E-state index is 0.0309. The molecule has 0 aromatic carbocycles. The Kier molecular flexibility index (Phi) is 5.01. The Hall–Kier alpha value is -0.610. The fourth-order valence-electron chi connectivity index (χ4n) is 2.54. The summed E-state index contributed by atoms with van der Waals surface area (Å²) in [5, 5.41) is 3.42. The lowest BCUT2D eigenvalue weighted by molar-refractivity contribution is -0.130. The van der Waals surface area contributed by atoms with Crippen LogP contribution in [0.5, 0.6) is 0 Å². The third kappa shape index (κ3) is 3.45. The molecule has 1 saturated carbocycles. The van der Waals surface area contributed by atoms with E-state index in [1.807, 2.05) is 4.90 Å². The van der Waals surface area contributed by atoms with E-state index in [-0.39, 0.29) is 18.1 Å². The third-order valence-corrected chi connectivity index (χ3v) is 3.84. The van der Waals surface area contributed by atoms with Crippen molar-refractivity contribution in [3.63, 3.8) is 0 Å². The molecular weight excluding hydrogens is 228 g/mol. The van der Waals surface area contributed by atoms with Crippen LogP contribution in [0, 0.1) is 5.92 Å². The summed E-state index contributed by atoms with van der Waals surface area (Å²) in [5.74, 6) is 1.06. The van der Waals surface area contributed by atoms with Crippen LogP contribution in [-0.4, -0.2) is 42.8 Å². The zero-order valence-electron chi connectivity index (χ0n) is 11.7. The number of amides is 1. The van der Waals surface area contributed by atoms with Crippen LogP contribution in [0.1, 0.15) is 46.0 Å². The molecule has 4 nitrogen and oxygen atoms in total. The van der Waals surface area contributed by atoms with Gasteiger partial charge in [-0.25, -0.2) is 0 Å². The molecule has 0 radical (unpaired) electrons. The lowest BCUT2D eigenvalue weighted by atomic mass is 10.2. The molecule has 0 spiro atoms. The van der Waals surface area contributed by atoms with Crippen LogP contribution in [0.3, 0.4) is 0 Å². The van der Waals surface area contributed by atoms with Gasteiger partial charge in [0.1, 0.15) is 0 Å². The number of rotatable bonds is 8. The molecule has 1 aliphatic carbocycles. The topological polar surface area (TPSA) is 41.6 Å². The Balaban J connectivity index is 1.74. The molecule has 18 heavy (non-hydrogen) atoms. The van der Waals surface area contributed by atoms with Crippen molar-refractivity contribution in [1.29, 1.82) is 0 Å². The third-order valence-electron chi connectivity index (χ3n) is 3.84. The summed E-state index contributed by atoms with van der Waals surface area (Å²) >= 11 is 0. The van der Waals surface area contributed by atoms with Crippen molar-refractivity contribution in [3.05, 3.63) is 0 Å². The van der Waals surface area contributed by atoms with Crippen molar-refractivity contribution in [2.75, 3.05) is 19.8 Å². The molecule has 2 fully saturated rings. The van der Waals surface area contributed by atoms with E-state index in [1.165, 1.54) is 12.8 Å². The number of hydrogen-bond acceptors (Lipinski definition) is 3. The average molecular weight is 254 g/mol. The number of ether oxygens (including phenoxy) is 1. The van der Waals surface area contributed by atoms with Gasteiger partial charge in [-0.05, 0) is 31.6 Å². The molecule has 2 unspecified atom stereocenters. The van der Waals surface area contributed by atoms with E-state index in [9.17, 15) is 4.79 Å². The van der Waals surface area contributed by atoms with Crippen molar-refractivity contribution in [3.8, 4) is 0 Å². The fraction of sp³-hybridized carbons (Fsp3) is 0.929. The standard InChI is InChI=1S/C14H26N2O2/c1-3-5-12-14(17)16(13(4-2)15-12)8-9-18-10-11-6-7-11/h11-13,15H,3-10H2,1-2H3. The summed E-state index contributed by atoms with van der Waals surface area (Å²) in [5.41, 5.74) is 0. The number of carbonyl (C=O) groups excluding carboxylic acids is 1. The Labute approximate surface area is 110 Å². The summed E-state index contributed by atoms with van der Waals surface area (Å²) in [6, 6.07) is 0.0309. The van der Waals surface area contributed by atoms with Gasteiger partial charge in [-0.3, -0.25) is 10.1 Å². The molecule has 1 aliphatic heterocycles. The molecule has 1 heterocycles. The maximum absolute atomic E-state index is 12.2. The molecule has 104 valence electrons. The SMILES string of the molecule is CCCC1NC(CC)N(CCOCC2CC2)C1=O. The lowest BCUT2D eigenvalue weighted by Crippen LogP contribution is -2.39. The first-order chi connectivity index (χ1) is 8.76. The fourth-order valence-corrected chi connectivity index (χ4v) is 2.54. The molecule has 2 atom stereocenters.